The largest absolute Gasteiger partial charge is 0.496 e. The Kier molecular flexibility index (Phi) is 4.10. The first-order valence-electron chi connectivity index (χ1n) is 7.36. The van der Waals surface area contributed by atoms with Crippen LogP contribution in [-0.2, 0) is 4.79 Å². The highest BCUT2D eigenvalue weighted by Gasteiger charge is 2.32. The second-order valence-corrected chi connectivity index (χ2v) is 5.38. The summed E-state index contributed by atoms with van der Waals surface area (Å²) in [7, 11) is 1.61. The van der Waals surface area contributed by atoms with Crippen LogP contribution < -0.4 is 4.74 Å². The lowest BCUT2D eigenvalue weighted by Crippen LogP contribution is -2.24. The summed E-state index contributed by atoms with van der Waals surface area (Å²) in [6, 6.07) is 13.5. The van der Waals surface area contributed by atoms with Gasteiger partial charge in [0.1, 0.15) is 11.6 Å². The van der Waals surface area contributed by atoms with Gasteiger partial charge in [-0.25, -0.2) is 9.40 Å². The van der Waals surface area contributed by atoms with Gasteiger partial charge < -0.3 is 4.74 Å². The molecule has 1 atom stereocenters. The van der Waals surface area contributed by atoms with Crippen molar-refractivity contribution in [1.82, 2.24) is 5.01 Å². The van der Waals surface area contributed by atoms with Crippen LogP contribution in [0.2, 0.25) is 0 Å². The number of benzene rings is 2. The summed E-state index contributed by atoms with van der Waals surface area (Å²) in [5, 5.41) is 5.93. The van der Waals surface area contributed by atoms with Crippen molar-refractivity contribution >= 4 is 11.6 Å². The third kappa shape index (κ3) is 2.95. The van der Waals surface area contributed by atoms with Crippen molar-refractivity contribution < 1.29 is 13.9 Å². The summed E-state index contributed by atoms with van der Waals surface area (Å²) < 4.78 is 18.5. The number of hydrogen-bond acceptors (Lipinski definition) is 3. The number of para-hydroxylation sites is 1. The molecule has 0 aromatic heterocycles. The number of ether oxygens (including phenoxy) is 1. The summed E-state index contributed by atoms with van der Waals surface area (Å²) in [5.74, 6) is 0.269. The van der Waals surface area contributed by atoms with Crippen molar-refractivity contribution in [3.8, 4) is 5.75 Å². The standard InChI is InChI=1S/C18H17FN2O2/c1-12(22)21-17(13-7-9-14(19)10-8-13)11-16(20-21)15-5-3-4-6-18(15)23-2/h3-10,17H,11H2,1-2H3. The molecule has 0 saturated carbocycles. The second kappa shape index (κ2) is 6.20. The Hall–Kier alpha value is -2.69. The molecule has 0 fully saturated rings. The Balaban J connectivity index is 1.97. The molecule has 3 rings (SSSR count). The fourth-order valence-electron chi connectivity index (χ4n) is 2.79. The molecule has 23 heavy (non-hydrogen) atoms. The first-order valence-corrected chi connectivity index (χ1v) is 7.36. The van der Waals surface area contributed by atoms with Crippen LogP contribution in [0.4, 0.5) is 4.39 Å². The highest BCUT2D eigenvalue weighted by atomic mass is 19.1. The third-order valence-electron chi connectivity index (χ3n) is 3.91. The Morgan fingerprint density at radius 2 is 1.91 bits per heavy atom. The Labute approximate surface area is 134 Å². The van der Waals surface area contributed by atoms with E-state index in [0.717, 1.165) is 22.6 Å². The minimum atomic E-state index is -0.299. The van der Waals surface area contributed by atoms with Crippen molar-refractivity contribution in [3.63, 3.8) is 0 Å². The predicted octanol–water partition coefficient (Wildman–Crippen LogP) is 3.53. The second-order valence-electron chi connectivity index (χ2n) is 5.38. The van der Waals surface area contributed by atoms with Gasteiger partial charge in [-0.1, -0.05) is 24.3 Å². The fraction of sp³-hybridized carbons (Fsp3) is 0.222. The lowest BCUT2D eigenvalue weighted by atomic mass is 9.98. The van der Waals surface area contributed by atoms with Gasteiger partial charge >= 0.3 is 0 Å². The van der Waals surface area contributed by atoms with Gasteiger partial charge in [0.25, 0.3) is 0 Å². The third-order valence-corrected chi connectivity index (χ3v) is 3.91. The number of carbonyl (C=O) groups excluding carboxylic acids is 1. The van der Waals surface area contributed by atoms with E-state index < -0.39 is 0 Å². The quantitative estimate of drug-likeness (QED) is 0.870. The average molecular weight is 312 g/mol. The molecule has 1 aliphatic rings. The Morgan fingerprint density at radius 3 is 2.57 bits per heavy atom. The van der Waals surface area contributed by atoms with Crippen LogP contribution >= 0.6 is 0 Å². The molecular formula is C18H17FN2O2. The van der Waals surface area contributed by atoms with Gasteiger partial charge in [-0.05, 0) is 29.8 Å². The van der Waals surface area contributed by atoms with Crippen molar-refractivity contribution in [3.05, 3.63) is 65.5 Å². The van der Waals surface area contributed by atoms with Gasteiger partial charge in [0.15, 0.2) is 0 Å². The van der Waals surface area contributed by atoms with E-state index in [1.54, 1.807) is 19.2 Å². The zero-order valence-electron chi connectivity index (χ0n) is 13.0. The molecule has 4 nitrogen and oxygen atoms in total. The first-order chi connectivity index (χ1) is 11.1. The molecule has 0 N–H and O–H groups in total. The summed E-state index contributed by atoms with van der Waals surface area (Å²) in [4.78, 5) is 11.9. The maximum atomic E-state index is 13.1. The van der Waals surface area contributed by atoms with E-state index in [1.165, 1.54) is 24.1 Å². The molecule has 1 aliphatic heterocycles. The molecule has 0 bridgehead atoms. The molecule has 1 heterocycles. The average Bonchev–Trinajstić information content (AvgIpc) is 3.01. The van der Waals surface area contributed by atoms with E-state index in [0.29, 0.717) is 6.42 Å². The smallest absolute Gasteiger partial charge is 0.240 e. The van der Waals surface area contributed by atoms with Crippen LogP contribution in [0, 0.1) is 5.82 Å². The summed E-state index contributed by atoms with van der Waals surface area (Å²) >= 11 is 0. The maximum Gasteiger partial charge on any atom is 0.240 e. The Morgan fingerprint density at radius 1 is 1.22 bits per heavy atom. The van der Waals surface area contributed by atoms with E-state index in [9.17, 15) is 9.18 Å². The van der Waals surface area contributed by atoms with Crippen LogP contribution in [0.3, 0.4) is 0 Å². The van der Waals surface area contributed by atoms with Crippen molar-refractivity contribution in [2.24, 2.45) is 5.10 Å². The van der Waals surface area contributed by atoms with Gasteiger partial charge in [0.05, 0.1) is 18.9 Å². The van der Waals surface area contributed by atoms with Crippen molar-refractivity contribution in [1.29, 1.82) is 0 Å². The molecule has 2 aromatic carbocycles. The Bertz CT molecular complexity index is 756. The lowest BCUT2D eigenvalue weighted by Gasteiger charge is -2.20. The van der Waals surface area contributed by atoms with Gasteiger partial charge in [0.2, 0.25) is 5.91 Å². The number of rotatable bonds is 3. The van der Waals surface area contributed by atoms with Crippen molar-refractivity contribution in [2.75, 3.05) is 7.11 Å². The van der Waals surface area contributed by atoms with Crippen LogP contribution in [0.25, 0.3) is 0 Å². The monoisotopic (exact) mass is 312 g/mol. The molecular weight excluding hydrogens is 295 g/mol. The van der Waals surface area contributed by atoms with Crippen LogP contribution in [-0.4, -0.2) is 23.7 Å². The van der Waals surface area contributed by atoms with Gasteiger partial charge in [-0.2, -0.15) is 5.10 Å². The molecule has 0 saturated heterocycles. The highest BCUT2D eigenvalue weighted by molar-refractivity contribution is 6.05. The molecule has 1 amide bonds. The van der Waals surface area contributed by atoms with Crippen LogP contribution in [0.15, 0.2) is 53.6 Å². The SMILES string of the molecule is COc1ccccc1C1=NN(C(C)=O)C(c2ccc(F)cc2)C1. The molecule has 118 valence electrons. The summed E-state index contributed by atoms with van der Waals surface area (Å²) in [6.45, 7) is 1.48. The molecule has 0 radical (unpaired) electrons. The van der Waals surface area contributed by atoms with Crippen LogP contribution in [0.5, 0.6) is 5.75 Å². The number of hydrogen-bond donors (Lipinski definition) is 0. The van der Waals surface area contributed by atoms with Crippen molar-refractivity contribution in [2.45, 2.75) is 19.4 Å². The van der Waals surface area contributed by atoms with E-state index in [-0.39, 0.29) is 17.8 Å². The van der Waals surface area contributed by atoms with Gasteiger partial charge in [-0.3, -0.25) is 4.79 Å². The van der Waals surface area contributed by atoms with Gasteiger partial charge in [-0.15, -0.1) is 0 Å². The minimum absolute atomic E-state index is 0.149. The van der Waals surface area contributed by atoms with E-state index >= 15 is 0 Å². The lowest BCUT2D eigenvalue weighted by molar-refractivity contribution is -0.130. The molecule has 2 aromatic rings. The first kappa shape index (κ1) is 15.2. The number of halogens is 1. The number of methoxy groups -OCH3 is 1. The minimum Gasteiger partial charge on any atom is -0.496 e. The zero-order valence-corrected chi connectivity index (χ0v) is 13.0. The number of carbonyl (C=O) groups is 1. The maximum absolute atomic E-state index is 13.1. The van der Waals surface area contributed by atoms with E-state index in [2.05, 4.69) is 5.10 Å². The topological polar surface area (TPSA) is 41.9 Å². The molecule has 5 heteroatoms. The normalized spacial score (nSPS) is 17.1. The van der Waals surface area contributed by atoms with E-state index in [4.69, 9.17) is 4.74 Å². The summed E-state index contributed by atoms with van der Waals surface area (Å²) in [6.07, 6.45) is 0.561. The number of hydrazone groups is 1. The van der Waals surface area contributed by atoms with Gasteiger partial charge in [0, 0.05) is 18.9 Å². The van der Waals surface area contributed by atoms with E-state index in [1.807, 2.05) is 24.3 Å². The fourth-order valence-corrected chi connectivity index (χ4v) is 2.79. The molecule has 0 spiro atoms. The highest BCUT2D eigenvalue weighted by Crippen LogP contribution is 2.34. The zero-order chi connectivity index (χ0) is 16.4. The number of amides is 1. The predicted molar refractivity (Wildman–Crippen MR) is 85.8 cm³/mol. The van der Waals surface area contributed by atoms with Crippen LogP contribution in [0.1, 0.15) is 30.5 Å². The molecule has 0 aliphatic carbocycles. The molecule has 1 unspecified atom stereocenters. The number of nitrogens with zero attached hydrogens (tertiary/aromatic N) is 2. The summed E-state index contributed by atoms with van der Waals surface area (Å²) in [5.41, 5.74) is 2.51.